The largest absolute Gasteiger partial charge is 0.497 e. The van der Waals surface area contributed by atoms with E-state index in [-0.39, 0.29) is 5.78 Å². The number of hydrazone groups is 1. The van der Waals surface area contributed by atoms with Gasteiger partial charge in [0.15, 0.2) is 21.8 Å². The topological polar surface area (TPSA) is 81.4 Å². The number of nitrogens with zero attached hydrogens (tertiary/aromatic N) is 4. The van der Waals surface area contributed by atoms with E-state index in [1.54, 1.807) is 7.11 Å². The van der Waals surface area contributed by atoms with E-state index in [0.717, 1.165) is 22.6 Å². The molecule has 0 saturated heterocycles. The Bertz CT molecular complexity index is 994. The Balaban J connectivity index is 1.79. The first-order valence-electron chi connectivity index (χ1n) is 8.61. The second-order valence-electron chi connectivity index (χ2n) is 6.15. The Kier molecular flexibility index (Phi) is 6.10. The molecule has 0 bridgehead atoms. The van der Waals surface area contributed by atoms with Crippen LogP contribution in [0, 0.1) is 6.92 Å². The van der Waals surface area contributed by atoms with Gasteiger partial charge in [-0.15, -0.1) is 10.2 Å². The number of ether oxygens (including phenoxy) is 1. The molecule has 3 rings (SSSR count). The molecule has 2 aromatic carbocycles. The van der Waals surface area contributed by atoms with Crippen LogP contribution in [0.3, 0.4) is 0 Å². The van der Waals surface area contributed by atoms with Gasteiger partial charge in [0.1, 0.15) is 5.75 Å². The van der Waals surface area contributed by atoms with Crippen molar-refractivity contribution in [1.82, 2.24) is 14.8 Å². The summed E-state index contributed by atoms with van der Waals surface area (Å²) in [5.41, 5.74) is 5.78. The molecule has 28 heavy (non-hydrogen) atoms. The summed E-state index contributed by atoms with van der Waals surface area (Å²) < 4.78 is 7.01. The van der Waals surface area contributed by atoms with Crippen LogP contribution in [0.15, 0.2) is 58.8 Å². The third-order valence-electron chi connectivity index (χ3n) is 4.01. The van der Waals surface area contributed by atoms with Crippen molar-refractivity contribution in [3.8, 4) is 17.1 Å². The fraction of sp³-hybridized carbons (Fsp3) is 0.200. The van der Waals surface area contributed by atoms with Gasteiger partial charge in [-0.05, 0) is 55.1 Å². The quantitative estimate of drug-likeness (QED) is 0.295. The third kappa shape index (κ3) is 4.58. The van der Waals surface area contributed by atoms with Gasteiger partial charge in [-0.1, -0.05) is 17.7 Å². The molecule has 0 spiro atoms. The summed E-state index contributed by atoms with van der Waals surface area (Å²) in [4.78, 5) is 12.0. The number of aryl methyl sites for hydroxylation is 1. The molecular formula is C20H21N5O2S. The van der Waals surface area contributed by atoms with Crippen molar-refractivity contribution in [3.05, 3.63) is 54.1 Å². The molecule has 7 nitrogen and oxygen atoms in total. The number of hydrogen-bond donors (Lipinski definition) is 1. The highest BCUT2D eigenvalue weighted by molar-refractivity contribution is 8.15. The first kappa shape index (κ1) is 19.6. The van der Waals surface area contributed by atoms with E-state index in [1.165, 1.54) is 18.7 Å². The summed E-state index contributed by atoms with van der Waals surface area (Å²) in [5, 5.41) is 13.6. The average Bonchev–Trinajstić information content (AvgIpc) is 3.06. The maximum Gasteiger partial charge on any atom is 0.197 e. The number of benzene rings is 2. The van der Waals surface area contributed by atoms with E-state index < -0.39 is 0 Å². The van der Waals surface area contributed by atoms with Crippen molar-refractivity contribution in [3.63, 3.8) is 0 Å². The van der Waals surface area contributed by atoms with Gasteiger partial charge in [-0.3, -0.25) is 10.2 Å². The molecular weight excluding hydrogens is 374 g/mol. The normalized spacial score (nSPS) is 11.4. The highest BCUT2D eigenvalue weighted by Gasteiger charge is 2.16. The Morgan fingerprint density at radius 3 is 2.39 bits per heavy atom. The molecule has 0 unspecified atom stereocenters. The van der Waals surface area contributed by atoms with E-state index in [9.17, 15) is 4.79 Å². The van der Waals surface area contributed by atoms with Crippen molar-refractivity contribution in [2.75, 3.05) is 12.5 Å². The lowest BCUT2D eigenvalue weighted by Gasteiger charge is -2.06. The van der Waals surface area contributed by atoms with Crippen LogP contribution in [-0.4, -0.2) is 32.7 Å². The number of methoxy groups -OCH3 is 1. The Labute approximate surface area is 167 Å². The Morgan fingerprint density at radius 1 is 1.11 bits per heavy atom. The van der Waals surface area contributed by atoms with Crippen molar-refractivity contribution >= 4 is 28.3 Å². The number of ketones is 1. The van der Waals surface area contributed by atoms with Crippen molar-refractivity contribution in [2.45, 2.75) is 19.0 Å². The van der Waals surface area contributed by atoms with Gasteiger partial charge in [0.25, 0.3) is 0 Å². The Morgan fingerprint density at radius 2 is 1.79 bits per heavy atom. The molecule has 1 aromatic heterocycles. The molecule has 0 radical (unpaired) electrons. The van der Waals surface area contributed by atoms with Crippen LogP contribution in [0.2, 0.25) is 0 Å². The maximum atomic E-state index is 12.0. The highest BCUT2D eigenvalue weighted by Crippen LogP contribution is 2.25. The molecule has 0 aliphatic rings. The van der Waals surface area contributed by atoms with Gasteiger partial charge in [0.2, 0.25) is 0 Å². The second kappa shape index (κ2) is 8.71. The van der Waals surface area contributed by atoms with E-state index >= 15 is 0 Å². The molecule has 1 N–H and O–H groups in total. The summed E-state index contributed by atoms with van der Waals surface area (Å²) in [6, 6.07) is 15.3. The monoisotopic (exact) mass is 395 g/mol. The predicted octanol–water partition coefficient (Wildman–Crippen LogP) is 3.91. The molecule has 0 aliphatic carbocycles. The SMILES string of the molecule is COc1ccc(-c2nnc(S/C(=N/Nc3ccc(C)cc3)C(C)=O)n2C)cc1. The first-order chi connectivity index (χ1) is 13.5. The number of carbonyl (C=O) groups excluding carboxylic acids is 1. The van der Waals surface area contributed by atoms with Crippen LogP contribution < -0.4 is 10.2 Å². The lowest BCUT2D eigenvalue weighted by atomic mass is 10.2. The van der Waals surface area contributed by atoms with Crippen LogP contribution in [0.4, 0.5) is 5.69 Å². The van der Waals surface area contributed by atoms with Gasteiger partial charge in [-0.25, -0.2) is 0 Å². The fourth-order valence-corrected chi connectivity index (χ4v) is 3.11. The van der Waals surface area contributed by atoms with E-state index in [2.05, 4.69) is 20.7 Å². The summed E-state index contributed by atoms with van der Waals surface area (Å²) in [6.07, 6.45) is 0. The molecule has 0 amide bonds. The molecule has 0 aliphatic heterocycles. The molecule has 8 heteroatoms. The number of hydrogen-bond acceptors (Lipinski definition) is 7. The number of aromatic nitrogens is 3. The van der Waals surface area contributed by atoms with Crippen LogP contribution in [0.1, 0.15) is 12.5 Å². The average molecular weight is 395 g/mol. The number of anilines is 1. The second-order valence-corrected chi connectivity index (χ2v) is 7.10. The van der Waals surface area contributed by atoms with Crippen LogP contribution >= 0.6 is 11.8 Å². The number of thioether (sulfide) groups is 1. The lowest BCUT2D eigenvalue weighted by molar-refractivity contribution is -0.110. The summed E-state index contributed by atoms with van der Waals surface area (Å²) in [7, 11) is 3.48. The number of rotatable bonds is 6. The van der Waals surface area contributed by atoms with Gasteiger partial charge in [0, 0.05) is 19.5 Å². The summed E-state index contributed by atoms with van der Waals surface area (Å²) >= 11 is 1.17. The summed E-state index contributed by atoms with van der Waals surface area (Å²) in [5.74, 6) is 1.31. The zero-order valence-electron chi connectivity index (χ0n) is 16.1. The van der Waals surface area contributed by atoms with Crippen molar-refractivity contribution < 1.29 is 9.53 Å². The number of nitrogens with one attached hydrogen (secondary N) is 1. The highest BCUT2D eigenvalue weighted by atomic mass is 32.2. The van der Waals surface area contributed by atoms with Gasteiger partial charge in [-0.2, -0.15) is 5.10 Å². The number of carbonyl (C=O) groups is 1. The van der Waals surface area contributed by atoms with Crippen molar-refractivity contribution in [1.29, 1.82) is 0 Å². The third-order valence-corrected chi connectivity index (χ3v) is 5.12. The maximum absolute atomic E-state index is 12.0. The minimum absolute atomic E-state index is 0.154. The zero-order valence-corrected chi connectivity index (χ0v) is 16.9. The molecule has 0 saturated carbocycles. The van der Waals surface area contributed by atoms with E-state index in [1.807, 2.05) is 67.1 Å². The van der Waals surface area contributed by atoms with Crippen LogP contribution in [0.5, 0.6) is 5.75 Å². The molecule has 0 fully saturated rings. The molecule has 3 aromatic rings. The zero-order chi connectivity index (χ0) is 20.1. The van der Waals surface area contributed by atoms with E-state index in [0.29, 0.717) is 16.0 Å². The van der Waals surface area contributed by atoms with Gasteiger partial charge < -0.3 is 9.30 Å². The molecule has 144 valence electrons. The lowest BCUT2D eigenvalue weighted by Crippen LogP contribution is -2.09. The molecule has 1 heterocycles. The standard InChI is InChI=1S/C20H21N5O2S/c1-13-5-9-16(10-6-13)21-23-19(14(2)26)28-20-24-22-18(25(20)3)15-7-11-17(27-4)12-8-15/h5-12,21H,1-4H3/b23-19+. The summed E-state index contributed by atoms with van der Waals surface area (Å²) in [6.45, 7) is 3.49. The van der Waals surface area contributed by atoms with Crippen LogP contribution in [-0.2, 0) is 11.8 Å². The van der Waals surface area contributed by atoms with Gasteiger partial charge >= 0.3 is 0 Å². The number of Topliss-reactive ketones (excluding diaryl/α,β-unsaturated/α-hetero) is 1. The minimum atomic E-state index is -0.154. The Hall–Kier alpha value is -3.13. The predicted molar refractivity (Wildman–Crippen MR) is 112 cm³/mol. The first-order valence-corrected chi connectivity index (χ1v) is 9.42. The van der Waals surface area contributed by atoms with E-state index in [4.69, 9.17) is 4.74 Å². The van der Waals surface area contributed by atoms with Crippen LogP contribution in [0.25, 0.3) is 11.4 Å². The minimum Gasteiger partial charge on any atom is -0.497 e. The van der Waals surface area contributed by atoms with Crippen molar-refractivity contribution in [2.24, 2.45) is 12.1 Å². The fourth-order valence-electron chi connectivity index (χ4n) is 2.40. The van der Waals surface area contributed by atoms with Gasteiger partial charge in [0.05, 0.1) is 12.8 Å². The molecule has 0 atom stereocenters. The smallest absolute Gasteiger partial charge is 0.197 e.